The van der Waals surface area contributed by atoms with E-state index in [0.717, 1.165) is 5.57 Å². The first-order chi connectivity index (χ1) is 6.54. The number of hydrogen-bond acceptors (Lipinski definition) is 0. The molecule has 0 radical (unpaired) electrons. The topological polar surface area (TPSA) is 0 Å². The summed E-state index contributed by atoms with van der Waals surface area (Å²) in [5.74, 6) is 0.482. The lowest BCUT2D eigenvalue weighted by Crippen LogP contribution is -1.95. The molecule has 0 saturated heterocycles. The highest BCUT2D eigenvalue weighted by atomic mass is 14.1. The Morgan fingerprint density at radius 1 is 1.07 bits per heavy atom. The second kappa shape index (κ2) is 4.28. The van der Waals surface area contributed by atoms with E-state index < -0.39 is 0 Å². The molecule has 0 aliphatic rings. The minimum Gasteiger partial charge on any atom is -0.0955 e. The number of hydrogen-bond donors (Lipinski definition) is 0. The summed E-state index contributed by atoms with van der Waals surface area (Å²) in [6.45, 7) is 14.5. The first-order valence-electron chi connectivity index (χ1n) is 4.98. The third kappa shape index (κ3) is 2.14. The molecule has 0 spiro atoms. The van der Waals surface area contributed by atoms with Crippen molar-refractivity contribution in [2.24, 2.45) is 5.92 Å². The first kappa shape index (κ1) is 10.8. The third-order valence-corrected chi connectivity index (χ3v) is 2.43. The molecular weight excluding hydrogens is 168 g/mol. The normalized spacial score (nSPS) is 10.3. The van der Waals surface area contributed by atoms with Gasteiger partial charge in [-0.1, -0.05) is 56.8 Å². The predicted molar refractivity (Wildman–Crippen MR) is 65.0 cm³/mol. The Bertz CT molecular complexity index is 356. The van der Waals surface area contributed by atoms with Crippen molar-refractivity contribution in [1.82, 2.24) is 0 Å². The van der Waals surface area contributed by atoms with Crippen LogP contribution in [0, 0.1) is 5.92 Å². The molecule has 0 fully saturated rings. The summed E-state index contributed by atoms with van der Waals surface area (Å²) in [5.41, 5.74) is 4.73. The SMILES string of the molecule is C=C(C)c1ccccc1C(=C)C(C)C. The maximum absolute atomic E-state index is 4.13. The zero-order valence-electron chi connectivity index (χ0n) is 9.30. The fourth-order valence-electron chi connectivity index (χ4n) is 1.45. The van der Waals surface area contributed by atoms with E-state index in [1.807, 2.05) is 13.0 Å². The molecule has 0 saturated carbocycles. The van der Waals surface area contributed by atoms with Crippen LogP contribution in [-0.2, 0) is 0 Å². The van der Waals surface area contributed by atoms with Gasteiger partial charge in [-0.2, -0.15) is 0 Å². The standard InChI is InChI=1S/C14H18/c1-10(2)12(5)14-9-7-6-8-13(14)11(3)4/h6-10H,3,5H2,1-2,4H3. The maximum atomic E-state index is 4.13. The summed E-state index contributed by atoms with van der Waals surface area (Å²) < 4.78 is 0. The molecule has 0 atom stereocenters. The van der Waals surface area contributed by atoms with Crippen LogP contribution in [0.5, 0.6) is 0 Å². The number of rotatable bonds is 3. The highest BCUT2D eigenvalue weighted by Gasteiger charge is 2.08. The highest BCUT2D eigenvalue weighted by Crippen LogP contribution is 2.27. The van der Waals surface area contributed by atoms with Crippen LogP contribution in [-0.4, -0.2) is 0 Å². The van der Waals surface area contributed by atoms with Crippen molar-refractivity contribution in [3.05, 3.63) is 48.6 Å². The van der Waals surface area contributed by atoms with Gasteiger partial charge in [0.05, 0.1) is 0 Å². The zero-order valence-corrected chi connectivity index (χ0v) is 9.30. The van der Waals surface area contributed by atoms with Crippen molar-refractivity contribution >= 4 is 11.1 Å². The minimum atomic E-state index is 0.482. The lowest BCUT2D eigenvalue weighted by atomic mass is 9.91. The van der Waals surface area contributed by atoms with Gasteiger partial charge < -0.3 is 0 Å². The average molecular weight is 186 g/mol. The van der Waals surface area contributed by atoms with Gasteiger partial charge >= 0.3 is 0 Å². The molecule has 0 aliphatic carbocycles. The van der Waals surface area contributed by atoms with E-state index in [2.05, 4.69) is 45.2 Å². The molecule has 0 amide bonds. The van der Waals surface area contributed by atoms with Crippen molar-refractivity contribution in [3.63, 3.8) is 0 Å². The van der Waals surface area contributed by atoms with E-state index in [1.165, 1.54) is 16.7 Å². The molecule has 0 N–H and O–H groups in total. The Kier molecular flexibility index (Phi) is 3.29. The molecule has 1 aromatic carbocycles. The molecule has 74 valence electrons. The van der Waals surface area contributed by atoms with Gasteiger partial charge in [0.15, 0.2) is 0 Å². The van der Waals surface area contributed by atoms with E-state index in [0.29, 0.717) is 5.92 Å². The van der Waals surface area contributed by atoms with Gasteiger partial charge in [-0.15, -0.1) is 0 Å². The summed E-state index contributed by atoms with van der Waals surface area (Å²) in [7, 11) is 0. The molecule has 1 rings (SSSR count). The molecule has 0 aliphatic heterocycles. The van der Waals surface area contributed by atoms with Crippen LogP contribution in [0.3, 0.4) is 0 Å². The number of allylic oxidation sites excluding steroid dienone is 2. The molecular formula is C14H18. The Balaban J connectivity index is 3.20. The Hall–Kier alpha value is -1.30. The molecule has 14 heavy (non-hydrogen) atoms. The molecule has 0 nitrogen and oxygen atoms in total. The van der Waals surface area contributed by atoms with Crippen molar-refractivity contribution in [2.45, 2.75) is 20.8 Å². The summed E-state index contributed by atoms with van der Waals surface area (Å²) in [4.78, 5) is 0. The molecule has 0 aromatic heterocycles. The van der Waals surface area contributed by atoms with Gasteiger partial charge in [0.1, 0.15) is 0 Å². The van der Waals surface area contributed by atoms with Crippen molar-refractivity contribution in [3.8, 4) is 0 Å². The van der Waals surface area contributed by atoms with Crippen LogP contribution in [0.15, 0.2) is 37.4 Å². The quantitative estimate of drug-likeness (QED) is 0.656. The average Bonchev–Trinajstić information content (AvgIpc) is 2.16. The van der Waals surface area contributed by atoms with E-state index >= 15 is 0 Å². The van der Waals surface area contributed by atoms with Crippen LogP contribution >= 0.6 is 0 Å². The Morgan fingerprint density at radius 2 is 1.57 bits per heavy atom. The zero-order chi connectivity index (χ0) is 10.7. The van der Waals surface area contributed by atoms with E-state index in [9.17, 15) is 0 Å². The third-order valence-electron chi connectivity index (χ3n) is 2.43. The van der Waals surface area contributed by atoms with Crippen LogP contribution in [0.25, 0.3) is 11.1 Å². The van der Waals surface area contributed by atoms with Crippen LogP contribution in [0.2, 0.25) is 0 Å². The minimum absolute atomic E-state index is 0.482. The Morgan fingerprint density at radius 3 is 2.00 bits per heavy atom. The maximum Gasteiger partial charge on any atom is -0.0153 e. The fraction of sp³-hybridized carbons (Fsp3) is 0.286. The summed E-state index contributed by atoms with van der Waals surface area (Å²) in [6, 6.07) is 8.31. The van der Waals surface area contributed by atoms with Crippen molar-refractivity contribution in [1.29, 1.82) is 0 Å². The molecule has 0 heteroatoms. The monoisotopic (exact) mass is 186 g/mol. The van der Waals surface area contributed by atoms with E-state index in [4.69, 9.17) is 0 Å². The second-order valence-electron chi connectivity index (χ2n) is 4.01. The van der Waals surface area contributed by atoms with Gasteiger partial charge in [-0.3, -0.25) is 0 Å². The summed E-state index contributed by atoms with van der Waals surface area (Å²) in [6.07, 6.45) is 0. The van der Waals surface area contributed by atoms with Crippen LogP contribution in [0.1, 0.15) is 31.9 Å². The predicted octanol–water partition coefficient (Wildman–Crippen LogP) is 4.39. The molecule has 0 heterocycles. The van der Waals surface area contributed by atoms with Crippen molar-refractivity contribution < 1.29 is 0 Å². The number of benzene rings is 1. The molecule has 0 bridgehead atoms. The van der Waals surface area contributed by atoms with Crippen LogP contribution in [0.4, 0.5) is 0 Å². The van der Waals surface area contributed by atoms with Gasteiger partial charge in [0.25, 0.3) is 0 Å². The van der Waals surface area contributed by atoms with Gasteiger partial charge in [0, 0.05) is 0 Å². The van der Waals surface area contributed by atoms with E-state index in [-0.39, 0.29) is 0 Å². The summed E-state index contributed by atoms with van der Waals surface area (Å²) >= 11 is 0. The van der Waals surface area contributed by atoms with Gasteiger partial charge in [-0.05, 0) is 29.5 Å². The molecule has 1 aromatic rings. The first-order valence-corrected chi connectivity index (χ1v) is 4.98. The van der Waals surface area contributed by atoms with Gasteiger partial charge in [-0.25, -0.2) is 0 Å². The second-order valence-corrected chi connectivity index (χ2v) is 4.01. The van der Waals surface area contributed by atoms with Crippen LogP contribution < -0.4 is 0 Å². The largest absolute Gasteiger partial charge is 0.0955 e. The Labute approximate surface area is 87.0 Å². The fourth-order valence-corrected chi connectivity index (χ4v) is 1.45. The molecule has 0 unspecified atom stereocenters. The van der Waals surface area contributed by atoms with Crippen molar-refractivity contribution in [2.75, 3.05) is 0 Å². The van der Waals surface area contributed by atoms with E-state index in [1.54, 1.807) is 0 Å². The van der Waals surface area contributed by atoms with Gasteiger partial charge in [0.2, 0.25) is 0 Å². The lowest BCUT2D eigenvalue weighted by Gasteiger charge is -2.14. The smallest absolute Gasteiger partial charge is 0.0153 e. The lowest BCUT2D eigenvalue weighted by molar-refractivity contribution is 0.857. The highest BCUT2D eigenvalue weighted by molar-refractivity contribution is 5.77. The summed E-state index contributed by atoms with van der Waals surface area (Å²) in [5, 5.41) is 0.